The molecule has 0 amide bonds. The van der Waals surface area contributed by atoms with Crippen LogP contribution in [0.2, 0.25) is 0 Å². The van der Waals surface area contributed by atoms with Crippen molar-refractivity contribution in [3.63, 3.8) is 0 Å². The topological polar surface area (TPSA) is 46.2 Å². The Hall–Kier alpha value is -0.800. The van der Waals surface area contributed by atoms with Crippen molar-refractivity contribution >= 4 is 12.4 Å². The highest BCUT2D eigenvalue weighted by Gasteiger charge is 2.11. The first kappa shape index (κ1) is 12.2. The summed E-state index contributed by atoms with van der Waals surface area (Å²) in [6.07, 6.45) is 0. The third-order valence-corrected chi connectivity index (χ3v) is 1.83. The van der Waals surface area contributed by atoms with Crippen LogP contribution < -0.4 is 5.73 Å². The van der Waals surface area contributed by atoms with E-state index in [0.29, 0.717) is 11.1 Å². The van der Waals surface area contributed by atoms with Gasteiger partial charge in [-0.25, -0.2) is 4.39 Å². The molecule has 4 heteroatoms. The molecule has 1 aromatic rings. The third-order valence-electron chi connectivity index (χ3n) is 1.83. The van der Waals surface area contributed by atoms with Crippen LogP contribution in [0.4, 0.5) is 4.39 Å². The van der Waals surface area contributed by atoms with Crippen LogP contribution in [0.15, 0.2) is 12.1 Å². The van der Waals surface area contributed by atoms with E-state index in [1.54, 1.807) is 26.0 Å². The molecule has 1 rings (SSSR count). The van der Waals surface area contributed by atoms with E-state index in [0.717, 1.165) is 0 Å². The molecule has 1 aromatic carbocycles. The SMILES string of the molecule is Cc1ccc([C@@H](C)N)c(O)c1F.Cl. The van der Waals surface area contributed by atoms with E-state index in [1.807, 2.05) is 0 Å². The van der Waals surface area contributed by atoms with E-state index in [9.17, 15) is 9.50 Å². The van der Waals surface area contributed by atoms with Crippen molar-refractivity contribution in [2.45, 2.75) is 19.9 Å². The second-order valence-electron chi connectivity index (χ2n) is 2.92. The fourth-order valence-corrected chi connectivity index (χ4v) is 1.05. The van der Waals surface area contributed by atoms with Gasteiger partial charge in [0.25, 0.3) is 0 Å². The van der Waals surface area contributed by atoms with Gasteiger partial charge in [-0.2, -0.15) is 0 Å². The van der Waals surface area contributed by atoms with Gasteiger partial charge in [-0.05, 0) is 19.4 Å². The van der Waals surface area contributed by atoms with E-state index in [-0.39, 0.29) is 24.2 Å². The minimum absolute atomic E-state index is 0. The average Bonchev–Trinajstić information content (AvgIpc) is 2.00. The summed E-state index contributed by atoms with van der Waals surface area (Å²) in [4.78, 5) is 0. The second-order valence-corrected chi connectivity index (χ2v) is 2.92. The molecule has 0 bridgehead atoms. The number of phenols is 1. The van der Waals surface area contributed by atoms with Crippen LogP contribution in [0, 0.1) is 12.7 Å². The van der Waals surface area contributed by atoms with Crippen LogP contribution in [0.1, 0.15) is 24.1 Å². The molecule has 0 saturated heterocycles. The van der Waals surface area contributed by atoms with Crippen LogP contribution in [0.25, 0.3) is 0 Å². The van der Waals surface area contributed by atoms with Crippen molar-refractivity contribution in [3.8, 4) is 5.75 Å². The first-order valence-electron chi connectivity index (χ1n) is 3.77. The van der Waals surface area contributed by atoms with Gasteiger partial charge in [0.05, 0.1) is 0 Å². The van der Waals surface area contributed by atoms with Gasteiger partial charge in [-0.3, -0.25) is 0 Å². The summed E-state index contributed by atoms with van der Waals surface area (Å²) in [7, 11) is 0. The van der Waals surface area contributed by atoms with E-state index < -0.39 is 5.82 Å². The van der Waals surface area contributed by atoms with Gasteiger partial charge in [0.15, 0.2) is 11.6 Å². The van der Waals surface area contributed by atoms with Gasteiger partial charge >= 0.3 is 0 Å². The Labute approximate surface area is 83.0 Å². The molecule has 0 aliphatic heterocycles. The summed E-state index contributed by atoms with van der Waals surface area (Å²) in [5, 5.41) is 9.29. The summed E-state index contributed by atoms with van der Waals surface area (Å²) in [5.41, 5.74) is 6.38. The molecule has 13 heavy (non-hydrogen) atoms. The predicted octanol–water partition coefficient (Wildman–Crippen LogP) is 2.28. The maximum absolute atomic E-state index is 13.0. The Bertz CT molecular complexity index is 302. The third kappa shape index (κ3) is 2.32. The number of halogens is 2. The monoisotopic (exact) mass is 205 g/mol. The molecule has 74 valence electrons. The molecular formula is C9H13ClFNO. The number of aryl methyl sites for hydroxylation is 1. The Kier molecular flexibility index (Phi) is 4.17. The molecule has 0 aliphatic rings. The van der Waals surface area contributed by atoms with E-state index in [1.165, 1.54) is 0 Å². The first-order chi connectivity index (χ1) is 5.54. The number of phenolic OH excluding ortho intramolecular Hbond substituents is 1. The lowest BCUT2D eigenvalue weighted by Gasteiger charge is -2.09. The molecule has 0 radical (unpaired) electrons. The zero-order valence-corrected chi connectivity index (χ0v) is 8.36. The number of benzene rings is 1. The van der Waals surface area contributed by atoms with Crippen LogP contribution in [0.5, 0.6) is 5.75 Å². The maximum Gasteiger partial charge on any atom is 0.168 e. The highest BCUT2D eigenvalue weighted by Crippen LogP contribution is 2.27. The average molecular weight is 206 g/mol. The molecular weight excluding hydrogens is 193 g/mol. The standard InChI is InChI=1S/C9H12FNO.ClH/c1-5-3-4-7(6(2)11)9(12)8(5)10;/h3-4,6,12H,11H2,1-2H3;1H/t6-;/m1./s1. The Balaban J connectivity index is 0.00000144. The zero-order chi connectivity index (χ0) is 9.30. The Morgan fingerprint density at radius 3 is 2.46 bits per heavy atom. The maximum atomic E-state index is 13.0. The van der Waals surface area contributed by atoms with Crippen molar-refractivity contribution < 1.29 is 9.50 Å². The van der Waals surface area contributed by atoms with E-state index >= 15 is 0 Å². The Morgan fingerprint density at radius 1 is 1.46 bits per heavy atom. The van der Waals surface area contributed by atoms with Crippen LogP contribution in [0.3, 0.4) is 0 Å². The molecule has 0 saturated carbocycles. The van der Waals surface area contributed by atoms with Gasteiger partial charge in [-0.15, -0.1) is 12.4 Å². The summed E-state index contributed by atoms with van der Waals surface area (Å²) in [6, 6.07) is 2.90. The number of hydrogen-bond acceptors (Lipinski definition) is 2. The lowest BCUT2D eigenvalue weighted by molar-refractivity contribution is 0.420. The fraction of sp³-hybridized carbons (Fsp3) is 0.333. The number of rotatable bonds is 1. The van der Waals surface area contributed by atoms with Crippen molar-refractivity contribution in [2.24, 2.45) is 5.73 Å². The summed E-state index contributed by atoms with van der Waals surface area (Å²) < 4.78 is 13.0. The van der Waals surface area contributed by atoms with Crippen LogP contribution in [-0.4, -0.2) is 5.11 Å². The van der Waals surface area contributed by atoms with Crippen molar-refractivity contribution in [3.05, 3.63) is 29.1 Å². The van der Waals surface area contributed by atoms with Gasteiger partial charge in [0, 0.05) is 11.6 Å². The van der Waals surface area contributed by atoms with Crippen LogP contribution in [-0.2, 0) is 0 Å². The van der Waals surface area contributed by atoms with Crippen molar-refractivity contribution in [2.75, 3.05) is 0 Å². The molecule has 0 spiro atoms. The first-order valence-corrected chi connectivity index (χ1v) is 3.77. The minimum Gasteiger partial charge on any atom is -0.505 e. The Morgan fingerprint density at radius 2 is 2.00 bits per heavy atom. The highest BCUT2D eigenvalue weighted by atomic mass is 35.5. The van der Waals surface area contributed by atoms with E-state index in [2.05, 4.69) is 0 Å². The molecule has 0 fully saturated rings. The predicted molar refractivity (Wildman–Crippen MR) is 52.7 cm³/mol. The smallest absolute Gasteiger partial charge is 0.168 e. The van der Waals surface area contributed by atoms with Gasteiger partial charge < -0.3 is 10.8 Å². The molecule has 0 heterocycles. The van der Waals surface area contributed by atoms with Crippen LogP contribution >= 0.6 is 12.4 Å². The zero-order valence-electron chi connectivity index (χ0n) is 7.54. The fourth-order valence-electron chi connectivity index (χ4n) is 1.05. The number of hydrogen-bond donors (Lipinski definition) is 2. The van der Waals surface area contributed by atoms with Gasteiger partial charge in [0.1, 0.15) is 0 Å². The molecule has 2 nitrogen and oxygen atoms in total. The lowest BCUT2D eigenvalue weighted by Crippen LogP contribution is -2.06. The molecule has 0 aliphatic carbocycles. The summed E-state index contributed by atoms with van der Waals surface area (Å²) >= 11 is 0. The molecule has 0 aromatic heterocycles. The second kappa shape index (κ2) is 4.44. The summed E-state index contributed by atoms with van der Waals surface area (Å²) in [6.45, 7) is 3.30. The lowest BCUT2D eigenvalue weighted by atomic mass is 10.1. The summed E-state index contributed by atoms with van der Waals surface area (Å²) in [5.74, 6) is -0.908. The largest absolute Gasteiger partial charge is 0.505 e. The minimum atomic E-state index is -0.579. The quantitative estimate of drug-likeness (QED) is 0.739. The van der Waals surface area contributed by atoms with Gasteiger partial charge in [-0.1, -0.05) is 12.1 Å². The highest BCUT2D eigenvalue weighted by molar-refractivity contribution is 5.85. The van der Waals surface area contributed by atoms with E-state index in [4.69, 9.17) is 5.73 Å². The number of aromatic hydroxyl groups is 1. The van der Waals surface area contributed by atoms with Gasteiger partial charge in [0.2, 0.25) is 0 Å². The normalized spacial score (nSPS) is 12.0. The molecule has 1 atom stereocenters. The van der Waals surface area contributed by atoms with Crippen molar-refractivity contribution in [1.29, 1.82) is 0 Å². The molecule has 0 unspecified atom stereocenters. The number of nitrogens with two attached hydrogens (primary N) is 1. The van der Waals surface area contributed by atoms with Crippen molar-refractivity contribution in [1.82, 2.24) is 0 Å². The molecule has 3 N–H and O–H groups in total.